The first kappa shape index (κ1) is 11.6. The third kappa shape index (κ3) is 2.49. The van der Waals surface area contributed by atoms with Crippen molar-refractivity contribution in [2.75, 3.05) is 13.7 Å². The number of nitrogens with zero attached hydrogens (tertiary/aromatic N) is 1. The van der Waals surface area contributed by atoms with E-state index in [0.29, 0.717) is 18.1 Å². The van der Waals surface area contributed by atoms with Crippen LogP contribution in [0.25, 0.3) is 0 Å². The monoisotopic (exact) mass is 213 g/mol. The van der Waals surface area contributed by atoms with Gasteiger partial charge in [-0.1, -0.05) is 6.92 Å². The largest absolute Gasteiger partial charge is 0.493 e. The molecule has 0 N–H and O–H groups in total. The minimum absolute atomic E-state index is 0.181. The minimum atomic E-state index is -0.731. The van der Waals surface area contributed by atoms with Gasteiger partial charge in [-0.3, -0.25) is 10.1 Å². The second kappa shape index (κ2) is 4.82. The van der Waals surface area contributed by atoms with E-state index in [0.717, 1.165) is 0 Å². The average molecular weight is 213 g/mol. The molecular weight excluding hydrogens is 198 g/mol. The van der Waals surface area contributed by atoms with Crippen molar-refractivity contribution in [1.82, 2.24) is 0 Å². The Morgan fingerprint density at radius 1 is 1.47 bits per heavy atom. The summed E-state index contributed by atoms with van der Waals surface area (Å²) in [7, 11) is 1.53. The molecule has 0 saturated heterocycles. The van der Waals surface area contributed by atoms with Gasteiger partial charge in [0.25, 0.3) is 0 Å². The second-order valence-electron chi connectivity index (χ2n) is 3.33. The first-order chi connectivity index (χ1) is 7.10. The van der Waals surface area contributed by atoms with Gasteiger partial charge in [-0.05, 0) is 13.0 Å². The number of methoxy groups -OCH3 is 1. The van der Waals surface area contributed by atoms with Crippen molar-refractivity contribution in [1.29, 1.82) is 0 Å². The fourth-order valence-corrected chi connectivity index (χ4v) is 1.50. The molecule has 5 nitrogen and oxygen atoms in total. The van der Waals surface area contributed by atoms with Crippen molar-refractivity contribution in [3.8, 4) is 0 Å². The number of ether oxygens (including phenoxy) is 2. The highest BCUT2D eigenvalue weighted by Gasteiger charge is 2.31. The van der Waals surface area contributed by atoms with Crippen LogP contribution in [0.1, 0.15) is 13.8 Å². The van der Waals surface area contributed by atoms with E-state index in [1.165, 1.54) is 13.2 Å². The van der Waals surface area contributed by atoms with E-state index < -0.39 is 6.04 Å². The molecule has 15 heavy (non-hydrogen) atoms. The van der Waals surface area contributed by atoms with E-state index in [-0.39, 0.29) is 10.8 Å². The lowest BCUT2D eigenvalue weighted by Gasteiger charge is -2.20. The summed E-state index contributed by atoms with van der Waals surface area (Å²) in [6.07, 6.45) is 3.23. The van der Waals surface area contributed by atoms with Crippen molar-refractivity contribution < 1.29 is 14.4 Å². The highest BCUT2D eigenvalue weighted by molar-refractivity contribution is 5.27. The molecule has 0 bridgehead atoms. The first-order valence-electron chi connectivity index (χ1n) is 4.84. The predicted molar refractivity (Wildman–Crippen MR) is 54.7 cm³/mol. The molecule has 2 atom stereocenters. The number of hydrogen-bond acceptors (Lipinski definition) is 4. The van der Waals surface area contributed by atoms with Crippen LogP contribution < -0.4 is 0 Å². The summed E-state index contributed by atoms with van der Waals surface area (Å²) in [5.41, 5.74) is 0. The molecule has 1 aliphatic carbocycles. The van der Waals surface area contributed by atoms with Crippen LogP contribution in [0.4, 0.5) is 0 Å². The minimum Gasteiger partial charge on any atom is -0.493 e. The zero-order valence-electron chi connectivity index (χ0n) is 9.10. The lowest BCUT2D eigenvalue weighted by Crippen LogP contribution is -2.28. The third-order valence-electron chi connectivity index (χ3n) is 2.28. The van der Waals surface area contributed by atoms with Gasteiger partial charge in [-0.15, -0.1) is 0 Å². The quantitative estimate of drug-likeness (QED) is 0.527. The molecule has 2 unspecified atom stereocenters. The molecular formula is C10H15NO4. The lowest BCUT2D eigenvalue weighted by atomic mass is 9.96. The van der Waals surface area contributed by atoms with Crippen LogP contribution in [-0.2, 0) is 9.47 Å². The maximum Gasteiger partial charge on any atom is 0.241 e. The molecule has 0 radical (unpaired) electrons. The van der Waals surface area contributed by atoms with Gasteiger partial charge >= 0.3 is 0 Å². The average Bonchev–Trinajstić information content (AvgIpc) is 2.20. The second-order valence-corrected chi connectivity index (χ2v) is 3.33. The van der Waals surface area contributed by atoms with Crippen molar-refractivity contribution in [3.63, 3.8) is 0 Å². The number of rotatable bonds is 4. The normalized spacial score (nSPS) is 25.3. The van der Waals surface area contributed by atoms with E-state index in [1.54, 1.807) is 13.0 Å². The molecule has 5 heteroatoms. The van der Waals surface area contributed by atoms with E-state index >= 15 is 0 Å². The molecule has 84 valence electrons. The van der Waals surface area contributed by atoms with Crippen molar-refractivity contribution in [2.24, 2.45) is 5.92 Å². The molecule has 0 aromatic carbocycles. The molecule has 0 spiro atoms. The van der Waals surface area contributed by atoms with Gasteiger partial charge < -0.3 is 9.47 Å². The number of hydrogen-bond donors (Lipinski definition) is 0. The van der Waals surface area contributed by atoms with Crippen LogP contribution in [-0.4, -0.2) is 24.7 Å². The van der Waals surface area contributed by atoms with E-state index in [4.69, 9.17) is 9.47 Å². The lowest BCUT2D eigenvalue weighted by molar-refractivity contribution is -0.516. The van der Waals surface area contributed by atoms with Crippen molar-refractivity contribution >= 4 is 0 Å². The Bertz CT molecular complexity index is 309. The van der Waals surface area contributed by atoms with Crippen LogP contribution >= 0.6 is 0 Å². The van der Waals surface area contributed by atoms with Gasteiger partial charge in [-0.25, -0.2) is 0 Å². The Kier molecular flexibility index (Phi) is 3.71. The highest BCUT2D eigenvalue weighted by Crippen LogP contribution is 2.25. The summed E-state index contributed by atoms with van der Waals surface area (Å²) in [5.74, 6) is 0.849. The van der Waals surface area contributed by atoms with Crippen LogP contribution in [0.5, 0.6) is 0 Å². The Morgan fingerprint density at radius 3 is 2.60 bits per heavy atom. The van der Waals surface area contributed by atoms with Crippen LogP contribution in [0.3, 0.4) is 0 Å². The van der Waals surface area contributed by atoms with Crippen LogP contribution in [0.2, 0.25) is 0 Å². The summed E-state index contributed by atoms with van der Waals surface area (Å²) in [6, 6.07) is -0.731. The van der Waals surface area contributed by atoms with Crippen LogP contribution in [0.15, 0.2) is 23.7 Å². The molecule has 0 aromatic rings. The van der Waals surface area contributed by atoms with Gasteiger partial charge in [0.1, 0.15) is 0 Å². The van der Waals surface area contributed by atoms with E-state index in [2.05, 4.69) is 0 Å². The molecule has 0 fully saturated rings. The van der Waals surface area contributed by atoms with Gasteiger partial charge in [0.2, 0.25) is 6.04 Å². The zero-order chi connectivity index (χ0) is 11.4. The summed E-state index contributed by atoms with van der Waals surface area (Å²) in [5, 5.41) is 10.7. The van der Waals surface area contributed by atoms with E-state index in [1.807, 2.05) is 6.92 Å². The van der Waals surface area contributed by atoms with Crippen LogP contribution in [0, 0.1) is 16.0 Å². The standard InChI is InChI=1S/C10H15NO4/c1-4-15-10-6-8(11(12)13)7(2)5-9(10)14-3/h5-8H,4H2,1-3H3. The molecule has 0 amide bonds. The maximum absolute atomic E-state index is 10.7. The Morgan fingerprint density at radius 2 is 2.13 bits per heavy atom. The van der Waals surface area contributed by atoms with Gasteiger partial charge in [0.05, 0.1) is 13.7 Å². The summed E-state index contributed by atoms with van der Waals surface area (Å²) in [4.78, 5) is 10.4. The number of nitro groups is 1. The highest BCUT2D eigenvalue weighted by atomic mass is 16.6. The molecule has 1 aliphatic rings. The maximum atomic E-state index is 10.7. The first-order valence-corrected chi connectivity index (χ1v) is 4.84. The fraction of sp³-hybridized carbons (Fsp3) is 0.600. The molecule has 0 aromatic heterocycles. The predicted octanol–water partition coefficient (Wildman–Crippen LogP) is 1.73. The molecule has 0 aliphatic heterocycles. The fourth-order valence-electron chi connectivity index (χ4n) is 1.50. The Labute approximate surface area is 88.5 Å². The SMILES string of the molecule is CCOC1=CC([N+](=O)[O-])C(C)C=C1OC. The van der Waals surface area contributed by atoms with Crippen molar-refractivity contribution in [2.45, 2.75) is 19.9 Å². The van der Waals surface area contributed by atoms with E-state index in [9.17, 15) is 10.1 Å². The molecule has 1 rings (SSSR count). The molecule has 0 saturated carbocycles. The van der Waals surface area contributed by atoms with Gasteiger partial charge in [-0.2, -0.15) is 0 Å². The van der Waals surface area contributed by atoms with Gasteiger partial charge in [0.15, 0.2) is 11.5 Å². The summed E-state index contributed by atoms with van der Waals surface area (Å²) < 4.78 is 10.4. The smallest absolute Gasteiger partial charge is 0.241 e. The van der Waals surface area contributed by atoms with Gasteiger partial charge in [0, 0.05) is 16.9 Å². The topological polar surface area (TPSA) is 61.6 Å². The summed E-state index contributed by atoms with van der Waals surface area (Å²) in [6.45, 7) is 4.07. The Balaban J connectivity index is 2.93. The zero-order valence-corrected chi connectivity index (χ0v) is 9.10. The Hall–Kier alpha value is -1.52. The molecule has 0 heterocycles. The van der Waals surface area contributed by atoms with Crippen molar-refractivity contribution in [3.05, 3.63) is 33.8 Å². The summed E-state index contributed by atoms with van der Waals surface area (Å²) >= 11 is 0. The third-order valence-corrected chi connectivity index (χ3v) is 2.28.